The van der Waals surface area contributed by atoms with Crippen molar-refractivity contribution in [1.29, 1.82) is 0 Å². The zero-order valence-corrected chi connectivity index (χ0v) is 17.3. The van der Waals surface area contributed by atoms with Crippen LogP contribution in [-0.2, 0) is 0 Å². The molecule has 1 aliphatic rings. The van der Waals surface area contributed by atoms with E-state index in [9.17, 15) is 0 Å². The van der Waals surface area contributed by atoms with Crippen LogP contribution in [0.15, 0.2) is 54.6 Å². The number of ether oxygens (including phenoxy) is 1. The van der Waals surface area contributed by atoms with E-state index in [-0.39, 0.29) is 6.17 Å². The maximum Gasteiger partial charge on any atom is 0.147 e. The SMILES string of the molecule is CCOc1ccc([C@H]2Nc3c(C)cc(C)cc3-c3cc(C)nn32)c2ccccc12. The van der Waals surface area contributed by atoms with Gasteiger partial charge in [0.1, 0.15) is 11.9 Å². The fourth-order valence-corrected chi connectivity index (χ4v) is 4.50. The third-order valence-electron chi connectivity index (χ3n) is 5.65. The molecule has 5 rings (SSSR count). The van der Waals surface area contributed by atoms with Crippen molar-refractivity contribution in [2.24, 2.45) is 0 Å². The lowest BCUT2D eigenvalue weighted by molar-refractivity contribution is 0.344. The lowest BCUT2D eigenvalue weighted by atomic mass is 9.96. The molecule has 4 aromatic rings. The van der Waals surface area contributed by atoms with Crippen molar-refractivity contribution in [2.75, 3.05) is 11.9 Å². The Bertz CT molecular complexity index is 1240. The minimum Gasteiger partial charge on any atom is -0.493 e. The molecule has 0 fully saturated rings. The molecule has 0 saturated carbocycles. The first-order valence-corrected chi connectivity index (χ1v) is 10.2. The molecule has 1 aromatic heterocycles. The third kappa shape index (κ3) is 2.79. The Kier molecular flexibility index (Phi) is 4.09. The molecule has 4 heteroatoms. The zero-order valence-electron chi connectivity index (χ0n) is 17.3. The standard InChI is InChI=1S/C25H25N3O/c1-5-29-23-11-10-20(18-8-6-7-9-19(18)23)25-26-24-16(3)12-15(2)13-21(24)22-14-17(4)27-28(22)25/h6-14,25-26H,5H2,1-4H3/t25-/m0/s1. The largest absolute Gasteiger partial charge is 0.493 e. The predicted molar refractivity (Wildman–Crippen MR) is 119 cm³/mol. The normalized spacial score (nSPS) is 15.0. The van der Waals surface area contributed by atoms with Gasteiger partial charge in [0, 0.05) is 22.2 Å². The molecule has 29 heavy (non-hydrogen) atoms. The van der Waals surface area contributed by atoms with E-state index in [0.717, 1.165) is 22.5 Å². The second-order valence-electron chi connectivity index (χ2n) is 7.80. The summed E-state index contributed by atoms with van der Waals surface area (Å²) in [5.41, 5.74) is 8.29. The summed E-state index contributed by atoms with van der Waals surface area (Å²) < 4.78 is 8.00. The number of aromatic nitrogens is 2. The van der Waals surface area contributed by atoms with Gasteiger partial charge in [-0.1, -0.05) is 42.0 Å². The number of hydrogen-bond donors (Lipinski definition) is 1. The molecule has 1 N–H and O–H groups in total. The van der Waals surface area contributed by atoms with Gasteiger partial charge in [0.15, 0.2) is 0 Å². The van der Waals surface area contributed by atoms with Crippen molar-refractivity contribution >= 4 is 16.5 Å². The minimum atomic E-state index is -0.0758. The second-order valence-corrected chi connectivity index (χ2v) is 7.80. The zero-order chi connectivity index (χ0) is 20.1. The summed E-state index contributed by atoms with van der Waals surface area (Å²) >= 11 is 0. The molecule has 0 aliphatic carbocycles. The molecule has 0 amide bonds. The lowest BCUT2D eigenvalue weighted by Gasteiger charge is -2.31. The minimum absolute atomic E-state index is 0.0758. The first kappa shape index (κ1) is 17.8. The molecule has 1 aliphatic heterocycles. The van der Waals surface area contributed by atoms with E-state index in [0.29, 0.717) is 6.61 Å². The summed E-state index contributed by atoms with van der Waals surface area (Å²) in [7, 11) is 0. The van der Waals surface area contributed by atoms with Crippen LogP contribution in [0.3, 0.4) is 0 Å². The van der Waals surface area contributed by atoms with Gasteiger partial charge >= 0.3 is 0 Å². The molecule has 0 radical (unpaired) electrons. The van der Waals surface area contributed by atoms with E-state index in [1.54, 1.807) is 0 Å². The average Bonchev–Trinajstić information content (AvgIpc) is 3.10. The number of benzene rings is 3. The number of aryl methyl sites for hydroxylation is 3. The van der Waals surface area contributed by atoms with Crippen LogP contribution in [-0.4, -0.2) is 16.4 Å². The van der Waals surface area contributed by atoms with Crippen molar-refractivity contribution in [3.8, 4) is 17.0 Å². The Hall–Kier alpha value is -3.27. The van der Waals surface area contributed by atoms with E-state index in [4.69, 9.17) is 9.84 Å². The smallest absolute Gasteiger partial charge is 0.147 e. The fourth-order valence-electron chi connectivity index (χ4n) is 4.50. The number of anilines is 1. The molecular formula is C25H25N3O. The van der Waals surface area contributed by atoms with Gasteiger partial charge in [-0.05, 0) is 56.8 Å². The van der Waals surface area contributed by atoms with Gasteiger partial charge in [-0.3, -0.25) is 0 Å². The van der Waals surface area contributed by atoms with Crippen LogP contribution in [0.2, 0.25) is 0 Å². The summed E-state index contributed by atoms with van der Waals surface area (Å²) in [5, 5.41) is 11.0. The maximum absolute atomic E-state index is 5.88. The topological polar surface area (TPSA) is 39.1 Å². The van der Waals surface area contributed by atoms with Gasteiger partial charge in [-0.25, -0.2) is 4.68 Å². The molecule has 2 heterocycles. The quantitative estimate of drug-likeness (QED) is 0.472. The van der Waals surface area contributed by atoms with E-state index >= 15 is 0 Å². The summed E-state index contributed by atoms with van der Waals surface area (Å²) in [6.07, 6.45) is -0.0758. The van der Waals surface area contributed by atoms with E-state index in [1.807, 2.05) is 6.92 Å². The molecule has 0 spiro atoms. The van der Waals surface area contributed by atoms with E-state index < -0.39 is 0 Å². The van der Waals surface area contributed by atoms with Crippen LogP contribution in [0, 0.1) is 20.8 Å². The average molecular weight is 383 g/mol. The highest BCUT2D eigenvalue weighted by Crippen LogP contribution is 2.43. The molecule has 3 aromatic carbocycles. The fraction of sp³-hybridized carbons (Fsp3) is 0.240. The Balaban J connectivity index is 1.75. The van der Waals surface area contributed by atoms with Gasteiger partial charge < -0.3 is 10.1 Å². The Morgan fingerprint density at radius 1 is 1.00 bits per heavy atom. The Labute approximate surface area is 171 Å². The van der Waals surface area contributed by atoms with Crippen LogP contribution >= 0.6 is 0 Å². The van der Waals surface area contributed by atoms with Crippen molar-refractivity contribution in [3.05, 3.63) is 77.0 Å². The summed E-state index contributed by atoms with van der Waals surface area (Å²) in [5.74, 6) is 0.923. The monoisotopic (exact) mass is 383 g/mol. The molecule has 146 valence electrons. The Morgan fingerprint density at radius 2 is 1.79 bits per heavy atom. The highest BCUT2D eigenvalue weighted by atomic mass is 16.5. The van der Waals surface area contributed by atoms with Crippen LogP contribution in [0.1, 0.15) is 35.5 Å². The summed E-state index contributed by atoms with van der Waals surface area (Å²) in [4.78, 5) is 0. The molecule has 1 atom stereocenters. The number of fused-ring (bicyclic) bond motifs is 4. The predicted octanol–water partition coefficient (Wildman–Crippen LogP) is 6.00. The van der Waals surface area contributed by atoms with Crippen molar-refractivity contribution in [2.45, 2.75) is 33.9 Å². The van der Waals surface area contributed by atoms with Gasteiger partial charge in [-0.15, -0.1) is 0 Å². The molecule has 0 unspecified atom stereocenters. The van der Waals surface area contributed by atoms with Crippen LogP contribution in [0.4, 0.5) is 5.69 Å². The Morgan fingerprint density at radius 3 is 2.59 bits per heavy atom. The van der Waals surface area contributed by atoms with E-state index in [2.05, 4.69) is 85.4 Å². The summed E-state index contributed by atoms with van der Waals surface area (Å²) in [6.45, 7) is 9.05. The van der Waals surface area contributed by atoms with Crippen LogP contribution in [0.25, 0.3) is 22.0 Å². The lowest BCUT2D eigenvalue weighted by Crippen LogP contribution is -2.26. The molecule has 0 bridgehead atoms. The highest BCUT2D eigenvalue weighted by Gasteiger charge is 2.29. The number of hydrogen-bond acceptors (Lipinski definition) is 3. The van der Waals surface area contributed by atoms with Crippen LogP contribution in [0.5, 0.6) is 5.75 Å². The van der Waals surface area contributed by atoms with Gasteiger partial charge in [0.2, 0.25) is 0 Å². The van der Waals surface area contributed by atoms with Gasteiger partial charge in [-0.2, -0.15) is 5.10 Å². The van der Waals surface area contributed by atoms with Gasteiger partial charge in [0.05, 0.1) is 18.0 Å². The molecule has 0 saturated heterocycles. The number of rotatable bonds is 3. The first-order valence-electron chi connectivity index (χ1n) is 10.2. The van der Waals surface area contributed by atoms with E-state index in [1.165, 1.54) is 33.3 Å². The van der Waals surface area contributed by atoms with Crippen LogP contribution < -0.4 is 10.1 Å². The number of nitrogens with zero attached hydrogens (tertiary/aromatic N) is 2. The maximum atomic E-state index is 5.88. The third-order valence-corrected chi connectivity index (χ3v) is 5.65. The van der Waals surface area contributed by atoms with Crippen molar-refractivity contribution in [1.82, 2.24) is 9.78 Å². The van der Waals surface area contributed by atoms with Crippen molar-refractivity contribution in [3.63, 3.8) is 0 Å². The highest BCUT2D eigenvalue weighted by molar-refractivity contribution is 5.92. The summed E-state index contributed by atoms with van der Waals surface area (Å²) in [6, 6.07) is 19.4. The molecule has 4 nitrogen and oxygen atoms in total. The second kappa shape index (κ2) is 6.66. The first-order chi connectivity index (χ1) is 14.1. The molecular weight excluding hydrogens is 358 g/mol. The van der Waals surface area contributed by atoms with Crippen molar-refractivity contribution < 1.29 is 4.74 Å². The van der Waals surface area contributed by atoms with Gasteiger partial charge in [0.25, 0.3) is 0 Å². The number of nitrogens with one attached hydrogen (secondary N) is 1.